The van der Waals surface area contributed by atoms with Crippen LogP contribution in [-0.2, 0) is 9.47 Å². The Morgan fingerprint density at radius 2 is 1.26 bits per heavy atom. The van der Waals surface area contributed by atoms with Crippen LogP contribution in [0.3, 0.4) is 0 Å². The van der Waals surface area contributed by atoms with E-state index in [4.69, 9.17) is 14.2 Å². The summed E-state index contributed by atoms with van der Waals surface area (Å²) < 4.78 is 24.9. The Kier molecular flexibility index (Phi) is 6.37. The van der Waals surface area contributed by atoms with Crippen LogP contribution >= 0.6 is 0 Å². The molecule has 2 aromatic rings. The summed E-state index contributed by atoms with van der Waals surface area (Å²) >= 11 is 0. The van der Waals surface area contributed by atoms with E-state index in [1.165, 1.54) is 52.7 Å². The maximum atomic E-state index is 12.6. The van der Waals surface area contributed by atoms with Crippen LogP contribution in [-0.4, -0.2) is 46.3 Å². The topological polar surface area (TPSA) is 97.4 Å². The fraction of sp³-hybridized carbons (Fsp3) is 0.211. The molecule has 2 rings (SSSR count). The molecule has 0 aliphatic rings. The van der Waals surface area contributed by atoms with E-state index in [0.29, 0.717) is 5.75 Å². The van der Waals surface area contributed by atoms with Gasteiger partial charge in [0, 0.05) is 0 Å². The first kappa shape index (κ1) is 19.8. The molecule has 0 atom stereocenters. The largest absolute Gasteiger partial charge is 0.497 e. The summed E-state index contributed by atoms with van der Waals surface area (Å²) in [4.78, 5) is 36.2. The van der Waals surface area contributed by atoms with Crippen LogP contribution in [0.2, 0.25) is 0 Å². The second-order valence-corrected chi connectivity index (χ2v) is 5.18. The number of carbonyl (C=O) groups is 3. The highest BCUT2D eigenvalue weighted by molar-refractivity contribution is 5.98. The Bertz CT molecular complexity index is 838. The second-order valence-electron chi connectivity index (χ2n) is 5.18. The standard InChI is InChI=1S/C19H18O8/c1-23-13-5-6-16(24-2)15(10-13)19(22)27-14-8-11(17(20)25-3)7-12(9-14)18(21)26-4/h5-10H,1-4H3. The van der Waals surface area contributed by atoms with Gasteiger partial charge in [0.15, 0.2) is 0 Å². The molecule has 0 fully saturated rings. The van der Waals surface area contributed by atoms with Crippen LogP contribution in [0.1, 0.15) is 31.1 Å². The first-order valence-corrected chi connectivity index (χ1v) is 7.69. The lowest BCUT2D eigenvalue weighted by molar-refractivity contribution is 0.0593. The Morgan fingerprint density at radius 1 is 0.667 bits per heavy atom. The lowest BCUT2D eigenvalue weighted by Crippen LogP contribution is -2.13. The van der Waals surface area contributed by atoms with Crippen molar-refractivity contribution in [2.24, 2.45) is 0 Å². The number of rotatable bonds is 6. The summed E-state index contributed by atoms with van der Waals surface area (Å²) in [6.07, 6.45) is 0. The monoisotopic (exact) mass is 374 g/mol. The Labute approximate surface area is 155 Å². The van der Waals surface area contributed by atoms with Crippen molar-refractivity contribution in [3.8, 4) is 17.2 Å². The van der Waals surface area contributed by atoms with Crippen LogP contribution < -0.4 is 14.2 Å². The van der Waals surface area contributed by atoms with Gasteiger partial charge in [-0.25, -0.2) is 14.4 Å². The highest BCUT2D eigenvalue weighted by Gasteiger charge is 2.19. The zero-order chi connectivity index (χ0) is 20.0. The molecule has 27 heavy (non-hydrogen) atoms. The molecule has 8 heteroatoms. The van der Waals surface area contributed by atoms with Gasteiger partial charge in [0.1, 0.15) is 22.8 Å². The molecule has 8 nitrogen and oxygen atoms in total. The summed E-state index contributed by atoms with van der Waals surface area (Å²) in [6, 6.07) is 8.47. The van der Waals surface area contributed by atoms with E-state index in [-0.39, 0.29) is 28.2 Å². The molecule has 0 radical (unpaired) electrons. The van der Waals surface area contributed by atoms with Crippen LogP contribution in [0.5, 0.6) is 17.2 Å². The van der Waals surface area contributed by atoms with Crippen LogP contribution in [0.25, 0.3) is 0 Å². The molecule has 0 heterocycles. The fourth-order valence-corrected chi connectivity index (χ4v) is 2.26. The summed E-state index contributed by atoms with van der Waals surface area (Å²) in [6.45, 7) is 0. The maximum absolute atomic E-state index is 12.6. The zero-order valence-corrected chi connectivity index (χ0v) is 15.2. The molecule has 0 aliphatic carbocycles. The molecule has 0 unspecified atom stereocenters. The molecule has 0 saturated heterocycles. The van der Waals surface area contributed by atoms with Gasteiger partial charge in [-0.3, -0.25) is 0 Å². The molecule has 142 valence electrons. The van der Waals surface area contributed by atoms with Gasteiger partial charge < -0.3 is 23.7 Å². The van der Waals surface area contributed by atoms with E-state index in [0.717, 1.165) is 0 Å². The van der Waals surface area contributed by atoms with Gasteiger partial charge in [-0.1, -0.05) is 0 Å². The summed E-state index contributed by atoms with van der Waals surface area (Å²) in [5.74, 6) is -1.48. The van der Waals surface area contributed by atoms with Gasteiger partial charge in [0.05, 0.1) is 39.6 Å². The Morgan fingerprint density at radius 3 is 1.74 bits per heavy atom. The van der Waals surface area contributed by atoms with E-state index in [1.54, 1.807) is 12.1 Å². The van der Waals surface area contributed by atoms with E-state index >= 15 is 0 Å². The van der Waals surface area contributed by atoms with Crippen LogP contribution in [0.15, 0.2) is 36.4 Å². The lowest BCUT2D eigenvalue weighted by atomic mass is 10.1. The average Bonchev–Trinajstić information content (AvgIpc) is 2.71. The molecule has 2 aromatic carbocycles. The average molecular weight is 374 g/mol. The first-order valence-electron chi connectivity index (χ1n) is 7.69. The van der Waals surface area contributed by atoms with Crippen molar-refractivity contribution in [1.82, 2.24) is 0 Å². The van der Waals surface area contributed by atoms with Crippen molar-refractivity contribution in [3.63, 3.8) is 0 Å². The van der Waals surface area contributed by atoms with Gasteiger partial charge in [0.2, 0.25) is 0 Å². The molecule has 0 aromatic heterocycles. The number of ether oxygens (including phenoxy) is 5. The molecule has 0 amide bonds. The van der Waals surface area contributed by atoms with Gasteiger partial charge >= 0.3 is 17.9 Å². The Hall–Kier alpha value is -3.55. The molecular weight excluding hydrogens is 356 g/mol. The van der Waals surface area contributed by atoms with Crippen molar-refractivity contribution in [2.75, 3.05) is 28.4 Å². The number of esters is 3. The number of hydrogen-bond donors (Lipinski definition) is 0. The number of methoxy groups -OCH3 is 4. The van der Waals surface area contributed by atoms with Crippen molar-refractivity contribution in [3.05, 3.63) is 53.1 Å². The summed E-state index contributed by atoms with van der Waals surface area (Å²) in [5.41, 5.74) is 0.168. The van der Waals surface area contributed by atoms with Gasteiger partial charge in [-0.05, 0) is 36.4 Å². The van der Waals surface area contributed by atoms with Crippen molar-refractivity contribution >= 4 is 17.9 Å². The first-order chi connectivity index (χ1) is 12.9. The van der Waals surface area contributed by atoms with Crippen molar-refractivity contribution in [2.45, 2.75) is 0 Å². The predicted octanol–water partition coefficient (Wildman–Crippen LogP) is 2.50. The fourth-order valence-electron chi connectivity index (χ4n) is 2.26. The normalized spacial score (nSPS) is 9.93. The van der Waals surface area contributed by atoms with E-state index in [1.807, 2.05) is 0 Å². The minimum Gasteiger partial charge on any atom is -0.497 e. The van der Waals surface area contributed by atoms with E-state index in [9.17, 15) is 14.4 Å². The maximum Gasteiger partial charge on any atom is 0.347 e. The van der Waals surface area contributed by atoms with Crippen LogP contribution in [0, 0.1) is 0 Å². The van der Waals surface area contributed by atoms with Crippen molar-refractivity contribution < 1.29 is 38.1 Å². The third-order valence-corrected chi connectivity index (χ3v) is 3.59. The second kappa shape index (κ2) is 8.70. The molecule has 0 saturated carbocycles. The minimum atomic E-state index is -0.761. The molecule has 0 aliphatic heterocycles. The summed E-state index contributed by atoms with van der Waals surface area (Å²) in [5, 5.41) is 0. The highest BCUT2D eigenvalue weighted by Crippen LogP contribution is 2.26. The molecule has 0 spiro atoms. The Balaban J connectivity index is 2.42. The predicted molar refractivity (Wildman–Crippen MR) is 93.6 cm³/mol. The number of carbonyl (C=O) groups excluding carboxylic acids is 3. The third-order valence-electron chi connectivity index (χ3n) is 3.59. The SMILES string of the molecule is COC(=O)c1cc(OC(=O)c2cc(OC)ccc2OC)cc(C(=O)OC)c1. The van der Waals surface area contributed by atoms with Gasteiger partial charge in [0.25, 0.3) is 0 Å². The number of hydrogen-bond acceptors (Lipinski definition) is 8. The van der Waals surface area contributed by atoms with Gasteiger partial charge in [-0.2, -0.15) is 0 Å². The van der Waals surface area contributed by atoms with E-state index in [2.05, 4.69) is 9.47 Å². The summed E-state index contributed by atoms with van der Waals surface area (Å²) in [7, 11) is 5.26. The molecule has 0 bridgehead atoms. The molecular formula is C19H18O8. The van der Waals surface area contributed by atoms with Gasteiger partial charge in [-0.15, -0.1) is 0 Å². The third kappa shape index (κ3) is 4.55. The minimum absolute atomic E-state index is 0.0285. The van der Waals surface area contributed by atoms with E-state index < -0.39 is 17.9 Å². The molecule has 0 N–H and O–H groups in total. The van der Waals surface area contributed by atoms with Crippen LogP contribution in [0.4, 0.5) is 0 Å². The quantitative estimate of drug-likeness (QED) is 0.562. The van der Waals surface area contributed by atoms with Crippen molar-refractivity contribution in [1.29, 1.82) is 0 Å². The number of benzene rings is 2. The zero-order valence-electron chi connectivity index (χ0n) is 15.2. The highest BCUT2D eigenvalue weighted by atomic mass is 16.5. The smallest absolute Gasteiger partial charge is 0.347 e. The lowest BCUT2D eigenvalue weighted by Gasteiger charge is -2.11.